The van der Waals surface area contributed by atoms with E-state index in [1.807, 2.05) is 38.1 Å². The zero-order chi connectivity index (χ0) is 14.7. The average Bonchev–Trinajstić information content (AvgIpc) is 2.41. The standard InChI is InChI=1S/C14H15IN4O/c1-8(2)13-17-7-11(16)12(19-13)14(20)18-10-5-3-9(15)4-6-10/h3-8H,16H2,1-2H3,(H,18,20). The Morgan fingerprint density at radius 3 is 2.55 bits per heavy atom. The minimum atomic E-state index is -0.326. The number of carbonyl (C=O) groups excluding carboxylic acids is 1. The molecule has 0 bridgehead atoms. The Hall–Kier alpha value is -1.70. The van der Waals surface area contributed by atoms with Crippen molar-refractivity contribution in [3.63, 3.8) is 0 Å². The van der Waals surface area contributed by atoms with E-state index in [9.17, 15) is 4.79 Å². The molecule has 0 radical (unpaired) electrons. The first-order valence-corrected chi connectivity index (χ1v) is 7.24. The van der Waals surface area contributed by atoms with Gasteiger partial charge in [0.15, 0.2) is 5.69 Å². The second kappa shape index (κ2) is 6.17. The van der Waals surface area contributed by atoms with Crippen molar-refractivity contribution in [2.24, 2.45) is 0 Å². The molecule has 20 heavy (non-hydrogen) atoms. The van der Waals surface area contributed by atoms with Gasteiger partial charge < -0.3 is 11.1 Å². The molecule has 0 aliphatic rings. The summed E-state index contributed by atoms with van der Waals surface area (Å²) >= 11 is 2.21. The van der Waals surface area contributed by atoms with E-state index in [-0.39, 0.29) is 23.2 Å². The number of benzene rings is 1. The van der Waals surface area contributed by atoms with Crippen LogP contribution in [0.25, 0.3) is 0 Å². The smallest absolute Gasteiger partial charge is 0.276 e. The van der Waals surface area contributed by atoms with E-state index in [1.54, 1.807) is 0 Å². The predicted octanol–water partition coefficient (Wildman–Crippen LogP) is 3.04. The molecule has 2 aromatic rings. The average molecular weight is 382 g/mol. The van der Waals surface area contributed by atoms with Crippen molar-refractivity contribution < 1.29 is 4.79 Å². The van der Waals surface area contributed by atoms with Gasteiger partial charge in [-0.1, -0.05) is 13.8 Å². The van der Waals surface area contributed by atoms with Crippen molar-refractivity contribution >= 4 is 39.9 Å². The van der Waals surface area contributed by atoms with Crippen molar-refractivity contribution in [1.29, 1.82) is 0 Å². The summed E-state index contributed by atoms with van der Waals surface area (Å²) in [6, 6.07) is 7.50. The Kier molecular flexibility index (Phi) is 4.53. The van der Waals surface area contributed by atoms with Crippen LogP contribution in [0.5, 0.6) is 0 Å². The maximum absolute atomic E-state index is 12.2. The van der Waals surface area contributed by atoms with E-state index in [1.165, 1.54) is 6.20 Å². The molecule has 0 aliphatic heterocycles. The lowest BCUT2D eigenvalue weighted by Gasteiger charge is -2.09. The van der Waals surface area contributed by atoms with Gasteiger partial charge in [0.25, 0.3) is 5.91 Å². The number of aromatic nitrogens is 2. The van der Waals surface area contributed by atoms with Crippen molar-refractivity contribution in [2.75, 3.05) is 11.1 Å². The van der Waals surface area contributed by atoms with Gasteiger partial charge in [0.05, 0.1) is 11.9 Å². The third kappa shape index (κ3) is 3.44. The Morgan fingerprint density at radius 2 is 1.95 bits per heavy atom. The van der Waals surface area contributed by atoms with Gasteiger partial charge in [0.2, 0.25) is 0 Å². The lowest BCUT2D eigenvalue weighted by molar-refractivity contribution is 0.102. The molecule has 1 amide bonds. The molecule has 1 aromatic heterocycles. The van der Waals surface area contributed by atoms with Gasteiger partial charge in [-0.3, -0.25) is 4.79 Å². The minimum absolute atomic E-state index is 0.139. The lowest BCUT2D eigenvalue weighted by Crippen LogP contribution is -2.17. The maximum Gasteiger partial charge on any atom is 0.276 e. The van der Waals surface area contributed by atoms with Crippen LogP contribution < -0.4 is 11.1 Å². The topological polar surface area (TPSA) is 80.9 Å². The van der Waals surface area contributed by atoms with E-state index in [0.29, 0.717) is 11.5 Å². The van der Waals surface area contributed by atoms with Gasteiger partial charge in [0.1, 0.15) is 5.82 Å². The number of halogens is 1. The van der Waals surface area contributed by atoms with E-state index in [4.69, 9.17) is 5.73 Å². The molecule has 0 aliphatic carbocycles. The third-order valence-corrected chi connectivity index (χ3v) is 3.39. The largest absolute Gasteiger partial charge is 0.396 e. The molecule has 0 saturated heterocycles. The fourth-order valence-electron chi connectivity index (χ4n) is 1.59. The summed E-state index contributed by atoms with van der Waals surface area (Å²) < 4.78 is 1.10. The van der Waals surface area contributed by atoms with Crippen LogP contribution in [-0.4, -0.2) is 15.9 Å². The summed E-state index contributed by atoms with van der Waals surface area (Å²) in [4.78, 5) is 20.6. The fraction of sp³-hybridized carbons (Fsp3) is 0.214. The highest BCUT2D eigenvalue weighted by Crippen LogP contribution is 2.16. The number of nitrogens with zero attached hydrogens (tertiary/aromatic N) is 2. The molecular formula is C14H15IN4O. The van der Waals surface area contributed by atoms with Crippen LogP contribution in [0, 0.1) is 3.57 Å². The number of hydrogen-bond acceptors (Lipinski definition) is 4. The van der Waals surface area contributed by atoms with E-state index >= 15 is 0 Å². The predicted molar refractivity (Wildman–Crippen MR) is 87.6 cm³/mol. The van der Waals surface area contributed by atoms with Crippen LogP contribution >= 0.6 is 22.6 Å². The summed E-state index contributed by atoms with van der Waals surface area (Å²) in [6.07, 6.45) is 1.48. The van der Waals surface area contributed by atoms with Gasteiger partial charge in [-0.15, -0.1) is 0 Å². The van der Waals surface area contributed by atoms with E-state index in [0.717, 1.165) is 3.57 Å². The number of carbonyl (C=O) groups is 1. The Bertz CT molecular complexity index is 626. The first-order chi connectivity index (χ1) is 9.47. The summed E-state index contributed by atoms with van der Waals surface area (Å²) in [6.45, 7) is 3.93. The Morgan fingerprint density at radius 1 is 1.30 bits per heavy atom. The van der Waals surface area contributed by atoms with Crippen molar-refractivity contribution in [3.05, 3.63) is 45.6 Å². The quantitative estimate of drug-likeness (QED) is 0.800. The number of hydrogen-bond donors (Lipinski definition) is 2. The van der Waals surface area contributed by atoms with Crippen LogP contribution in [0.1, 0.15) is 36.1 Å². The molecule has 1 heterocycles. The highest BCUT2D eigenvalue weighted by Gasteiger charge is 2.15. The van der Waals surface area contributed by atoms with Gasteiger partial charge in [-0.05, 0) is 46.9 Å². The maximum atomic E-state index is 12.2. The molecule has 0 fully saturated rings. The SMILES string of the molecule is CC(C)c1ncc(N)c(C(=O)Nc2ccc(I)cc2)n1. The van der Waals surface area contributed by atoms with Crippen LogP contribution in [0.4, 0.5) is 11.4 Å². The van der Waals surface area contributed by atoms with Crippen molar-refractivity contribution in [1.82, 2.24) is 9.97 Å². The molecule has 0 atom stereocenters. The summed E-state index contributed by atoms with van der Waals surface area (Å²) in [5.41, 5.74) is 6.97. The van der Waals surface area contributed by atoms with Gasteiger partial charge in [-0.2, -0.15) is 0 Å². The van der Waals surface area contributed by atoms with Crippen LogP contribution in [0.3, 0.4) is 0 Å². The summed E-state index contributed by atoms with van der Waals surface area (Å²) in [5, 5.41) is 2.78. The number of nitrogens with one attached hydrogen (secondary N) is 1. The summed E-state index contributed by atoms with van der Waals surface area (Å²) in [7, 11) is 0. The highest BCUT2D eigenvalue weighted by molar-refractivity contribution is 14.1. The monoisotopic (exact) mass is 382 g/mol. The number of amides is 1. The van der Waals surface area contributed by atoms with Crippen LogP contribution in [-0.2, 0) is 0 Å². The van der Waals surface area contributed by atoms with Crippen LogP contribution in [0.2, 0.25) is 0 Å². The number of rotatable bonds is 3. The molecule has 0 unspecified atom stereocenters. The molecule has 5 nitrogen and oxygen atoms in total. The van der Waals surface area contributed by atoms with E-state index in [2.05, 4.69) is 37.9 Å². The second-order valence-corrected chi connectivity index (χ2v) is 5.89. The lowest BCUT2D eigenvalue weighted by atomic mass is 10.2. The third-order valence-electron chi connectivity index (χ3n) is 2.67. The zero-order valence-electron chi connectivity index (χ0n) is 11.2. The number of nitrogens with two attached hydrogens (primary N) is 1. The highest BCUT2D eigenvalue weighted by atomic mass is 127. The first kappa shape index (κ1) is 14.7. The van der Waals surface area contributed by atoms with Gasteiger partial charge in [0, 0.05) is 15.2 Å². The van der Waals surface area contributed by atoms with Crippen LogP contribution in [0.15, 0.2) is 30.5 Å². The second-order valence-electron chi connectivity index (χ2n) is 4.65. The molecule has 0 saturated carbocycles. The zero-order valence-corrected chi connectivity index (χ0v) is 13.4. The van der Waals surface area contributed by atoms with Gasteiger partial charge in [-0.25, -0.2) is 9.97 Å². The van der Waals surface area contributed by atoms with Gasteiger partial charge >= 0.3 is 0 Å². The normalized spacial score (nSPS) is 10.6. The fourth-order valence-corrected chi connectivity index (χ4v) is 1.95. The van der Waals surface area contributed by atoms with Crippen molar-refractivity contribution in [3.8, 4) is 0 Å². The Balaban J connectivity index is 2.24. The molecule has 104 valence electrons. The van der Waals surface area contributed by atoms with Crippen molar-refractivity contribution in [2.45, 2.75) is 19.8 Å². The number of anilines is 2. The Labute approximate surface area is 131 Å². The summed E-state index contributed by atoms with van der Waals surface area (Å²) in [5.74, 6) is 0.417. The number of nitrogen functional groups attached to an aromatic ring is 1. The molecule has 6 heteroatoms. The molecule has 3 N–H and O–H groups in total. The minimum Gasteiger partial charge on any atom is -0.396 e. The first-order valence-electron chi connectivity index (χ1n) is 6.16. The molecule has 1 aromatic carbocycles. The molecular weight excluding hydrogens is 367 g/mol. The van der Waals surface area contributed by atoms with E-state index < -0.39 is 0 Å². The molecule has 2 rings (SSSR count). The molecule has 0 spiro atoms.